The van der Waals surface area contributed by atoms with Gasteiger partial charge in [-0.05, 0) is 5.56 Å². The number of halogens is 1. The maximum Gasteiger partial charge on any atom is 0.410 e. The monoisotopic (exact) mass is 239 g/mol. The summed E-state index contributed by atoms with van der Waals surface area (Å²) in [6, 6.07) is 9.24. The molecule has 0 spiro atoms. The lowest BCUT2D eigenvalue weighted by Gasteiger charge is -2.14. The van der Waals surface area contributed by atoms with E-state index in [1.807, 2.05) is 30.3 Å². The number of nitrogens with zero attached hydrogens (tertiary/aromatic N) is 1. The fourth-order valence-corrected chi connectivity index (χ4v) is 1.71. The molecule has 1 aromatic carbocycles. The second-order valence-corrected chi connectivity index (χ2v) is 4.03. The number of benzene rings is 1. The van der Waals surface area contributed by atoms with Crippen molar-refractivity contribution in [3.63, 3.8) is 0 Å². The van der Waals surface area contributed by atoms with Gasteiger partial charge in [-0.3, -0.25) is 0 Å². The van der Waals surface area contributed by atoms with E-state index in [4.69, 9.17) is 4.74 Å². The molecule has 1 aliphatic heterocycles. The topological polar surface area (TPSA) is 49.8 Å². The SMILES string of the molecule is O=C(OCc1ccccc1)N1C[C@@H](O)[C@@H](F)C1. The maximum absolute atomic E-state index is 13.0. The number of alkyl halides is 1. The molecular formula is C12H14FNO3. The summed E-state index contributed by atoms with van der Waals surface area (Å²) in [6.07, 6.45) is -3.06. The van der Waals surface area contributed by atoms with Gasteiger partial charge in [-0.2, -0.15) is 0 Å². The highest BCUT2D eigenvalue weighted by molar-refractivity contribution is 5.68. The number of rotatable bonds is 2. The molecule has 0 bridgehead atoms. The van der Waals surface area contributed by atoms with Crippen LogP contribution in [0.5, 0.6) is 0 Å². The molecule has 92 valence electrons. The van der Waals surface area contributed by atoms with E-state index in [0.29, 0.717) is 0 Å². The molecule has 0 aliphatic carbocycles. The molecule has 1 aliphatic rings. The summed E-state index contributed by atoms with van der Waals surface area (Å²) >= 11 is 0. The van der Waals surface area contributed by atoms with Crippen LogP contribution in [0.4, 0.5) is 9.18 Å². The largest absolute Gasteiger partial charge is 0.445 e. The van der Waals surface area contributed by atoms with Crippen molar-refractivity contribution in [1.29, 1.82) is 0 Å². The first-order valence-electron chi connectivity index (χ1n) is 5.44. The van der Waals surface area contributed by atoms with Gasteiger partial charge < -0.3 is 14.7 Å². The van der Waals surface area contributed by atoms with Gasteiger partial charge in [0.25, 0.3) is 0 Å². The Hall–Kier alpha value is -1.62. The molecule has 2 atom stereocenters. The molecule has 0 aromatic heterocycles. The second kappa shape index (κ2) is 5.14. The molecule has 0 radical (unpaired) electrons. The Labute approximate surface area is 98.6 Å². The zero-order chi connectivity index (χ0) is 12.3. The molecule has 1 saturated heterocycles. The summed E-state index contributed by atoms with van der Waals surface area (Å²) in [7, 11) is 0. The van der Waals surface area contributed by atoms with E-state index in [0.717, 1.165) is 5.56 Å². The number of carbonyl (C=O) groups is 1. The Kier molecular flexibility index (Phi) is 3.58. The third-order valence-corrected chi connectivity index (χ3v) is 2.68. The lowest BCUT2D eigenvalue weighted by Crippen LogP contribution is -2.30. The van der Waals surface area contributed by atoms with E-state index in [-0.39, 0.29) is 19.7 Å². The van der Waals surface area contributed by atoms with Crippen molar-refractivity contribution in [2.45, 2.75) is 18.9 Å². The number of amides is 1. The summed E-state index contributed by atoms with van der Waals surface area (Å²) in [6.45, 7) is 0.0484. The molecule has 0 saturated carbocycles. The van der Waals surface area contributed by atoms with Crippen molar-refractivity contribution < 1.29 is 19.0 Å². The number of aliphatic hydroxyl groups excluding tert-OH is 1. The predicted molar refractivity (Wildman–Crippen MR) is 59.1 cm³/mol. The number of ether oxygens (including phenoxy) is 1. The van der Waals surface area contributed by atoms with E-state index < -0.39 is 18.4 Å². The van der Waals surface area contributed by atoms with Crippen LogP contribution in [0.15, 0.2) is 30.3 Å². The lowest BCUT2D eigenvalue weighted by molar-refractivity contribution is 0.0958. The molecule has 0 unspecified atom stereocenters. The van der Waals surface area contributed by atoms with Gasteiger partial charge in [-0.25, -0.2) is 9.18 Å². The number of carbonyl (C=O) groups excluding carboxylic acids is 1. The summed E-state index contributed by atoms with van der Waals surface area (Å²) in [5.41, 5.74) is 0.873. The number of hydrogen-bond donors (Lipinski definition) is 1. The Balaban J connectivity index is 1.82. The first kappa shape index (κ1) is 11.9. The molecule has 1 aromatic rings. The third kappa shape index (κ3) is 2.94. The van der Waals surface area contributed by atoms with E-state index in [9.17, 15) is 14.3 Å². The minimum Gasteiger partial charge on any atom is -0.445 e. The van der Waals surface area contributed by atoms with Crippen molar-refractivity contribution in [3.8, 4) is 0 Å². The average molecular weight is 239 g/mol. The fraction of sp³-hybridized carbons (Fsp3) is 0.417. The van der Waals surface area contributed by atoms with E-state index in [2.05, 4.69) is 0 Å². The van der Waals surface area contributed by atoms with Crippen LogP contribution in [0.25, 0.3) is 0 Å². The molecule has 1 fully saturated rings. The normalized spacial score (nSPS) is 23.8. The molecule has 4 nitrogen and oxygen atoms in total. The van der Waals surface area contributed by atoms with Crippen LogP contribution in [0.3, 0.4) is 0 Å². The third-order valence-electron chi connectivity index (χ3n) is 2.68. The van der Waals surface area contributed by atoms with Gasteiger partial charge in [0.2, 0.25) is 0 Å². The van der Waals surface area contributed by atoms with Crippen molar-refractivity contribution in [3.05, 3.63) is 35.9 Å². The smallest absolute Gasteiger partial charge is 0.410 e. The molecule has 1 heterocycles. The van der Waals surface area contributed by atoms with Crippen LogP contribution in [0.2, 0.25) is 0 Å². The summed E-state index contributed by atoms with van der Waals surface area (Å²) in [5, 5.41) is 9.18. The summed E-state index contributed by atoms with van der Waals surface area (Å²) < 4.78 is 18.0. The molecule has 2 rings (SSSR count). The molecule has 5 heteroatoms. The maximum atomic E-state index is 13.0. The quantitative estimate of drug-likeness (QED) is 0.847. The number of aliphatic hydroxyl groups is 1. The van der Waals surface area contributed by atoms with Crippen molar-refractivity contribution in [2.75, 3.05) is 13.1 Å². The zero-order valence-corrected chi connectivity index (χ0v) is 9.25. The molecule has 17 heavy (non-hydrogen) atoms. The summed E-state index contributed by atoms with van der Waals surface area (Å²) in [4.78, 5) is 12.7. The zero-order valence-electron chi connectivity index (χ0n) is 9.25. The number of hydrogen-bond acceptors (Lipinski definition) is 3. The number of β-amino-alcohol motifs (C(OH)–C–C–N with tert-alkyl or cyclic N) is 1. The fourth-order valence-electron chi connectivity index (χ4n) is 1.71. The van der Waals surface area contributed by atoms with E-state index >= 15 is 0 Å². The Morgan fingerprint density at radius 2 is 2.12 bits per heavy atom. The Morgan fingerprint density at radius 1 is 1.41 bits per heavy atom. The number of likely N-dealkylation sites (tertiary alicyclic amines) is 1. The van der Waals surface area contributed by atoms with Gasteiger partial charge in [0, 0.05) is 0 Å². The van der Waals surface area contributed by atoms with E-state index in [1.165, 1.54) is 4.90 Å². The van der Waals surface area contributed by atoms with Crippen molar-refractivity contribution in [2.24, 2.45) is 0 Å². The van der Waals surface area contributed by atoms with Crippen LogP contribution in [-0.4, -0.2) is 41.5 Å². The van der Waals surface area contributed by atoms with Gasteiger partial charge in [-0.1, -0.05) is 30.3 Å². The van der Waals surface area contributed by atoms with Crippen LogP contribution in [0.1, 0.15) is 5.56 Å². The average Bonchev–Trinajstić information content (AvgIpc) is 2.68. The highest BCUT2D eigenvalue weighted by Gasteiger charge is 2.34. The molecular weight excluding hydrogens is 225 g/mol. The van der Waals surface area contributed by atoms with E-state index in [1.54, 1.807) is 0 Å². The minimum absolute atomic E-state index is 0.00517. The van der Waals surface area contributed by atoms with Gasteiger partial charge in [0.05, 0.1) is 13.1 Å². The summed E-state index contributed by atoms with van der Waals surface area (Å²) in [5.74, 6) is 0. The van der Waals surface area contributed by atoms with Crippen LogP contribution in [-0.2, 0) is 11.3 Å². The van der Waals surface area contributed by atoms with Crippen LogP contribution < -0.4 is 0 Å². The highest BCUT2D eigenvalue weighted by atomic mass is 19.1. The Morgan fingerprint density at radius 3 is 2.71 bits per heavy atom. The minimum atomic E-state index is -1.38. The first-order valence-corrected chi connectivity index (χ1v) is 5.44. The van der Waals surface area contributed by atoms with Gasteiger partial charge in [-0.15, -0.1) is 0 Å². The second-order valence-electron chi connectivity index (χ2n) is 4.03. The predicted octanol–water partition coefficient (Wildman–Crippen LogP) is 1.34. The lowest BCUT2D eigenvalue weighted by atomic mass is 10.2. The van der Waals surface area contributed by atoms with Crippen LogP contribution >= 0.6 is 0 Å². The van der Waals surface area contributed by atoms with Gasteiger partial charge in [0.15, 0.2) is 0 Å². The molecule has 1 amide bonds. The highest BCUT2D eigenvalue weighted by Crippen LogP contribution is 2.14. The first-order chi connectivity index (χ1) is 8.16. The molecule has 1 N–H and O–H groups in total. The van der Waals surface area contributed by atoms with Gasteiger partial charge in [0.1, 0.15) is 18.9 Å². The van der Waals surface area contributed by atoms with Crippen LogP contribution in [0, 0.1) is 0 Å². The van der Waals surface area contributed by atoms with Crippen molar-refractivity contribution in [1.82, 2.24) is 4.90 Å². The standard InChI is InChI=1S/C12H14FNO3/c13-10-6-14(7-11(10)15)12(16)17-8-9-4-2-1-3-5-9/h1-5,10-11,15H,6-8H2/t10-,11+/m0/s1. The Bertz CT molecular complexity index is 375. The van der Waals surface area contributed by atoms with Crippen molar-refractivity contribution >= 4 is 6.09 Å². The van der Waals surface area contributed by atoms with Gasteiger partial charge >= 0.3 is 6.09 Å².